The van der Waals surface area contributed by atoms with Gasteiger partial charge in [-0.2, -0.15) is 5.10 Å². The minimum Gasteiger partial charge on any atom is -0.486 e. The first-order valence-electron chi connectivity index (χ1n) is 11.7. The van der Waals surface area contributed by atoms with Gasteiger partial charge < -0.3 is 18.8 Å². The number of amides is 1. The molecule has 0 N–H and O–H groups in total. The lowest BCUT2D eigenvalue weighted by atomic mass is 10.1. The number of likely N-dealkylation sites (N-methyl/N-ethyl adjacent to an activating group) is 1. The zero-order valence-electron chi connectivity index (χ0n) is 19.7. The Morgan fingerprint density at radius 2 is 1.86 bits per heavy atom. The molecule has 1 aliphatic rings. The van der Waals surface area contributed by atoms with Crippen molar-refractivity contribution in [3.8, 4) is 22.8 Å². The standard InChI is InChI=1S/C28H24N4O4/c1-31(16-21-18-35-25-11-5-6-12-26(25)36-21)28(33)22-14-24(19-8-3-2-4-9-19)30-27-23(22)15-29-32(27)17-20-10-7-13-34-20/h2-15,21H,16-18H2,1H3. The molecule has 0 fully saturated rings. The van der Waals surface area contributed by atoms with Gasteiger partial charge in [0.15, 0.2) is 23.3 Å². The van der Waals surface area contributed by atoms with E-state index in [-0.39, 0.29) is 12.0 Å². The lowest BCUT2D eigenvalue weighted by Crippen LogP contribution is -2.41. The second-order valence-electron chi connectivity index (χ2n) is 8.72. The minimum absolute atomic E-state index is 0.139. The maximum absolute atomic E-state index is 13.7. The number of aromatic nitrogens is 3. The fraction of sp³-hybridized carbons (Fsp3) is 0.179. The van der Waals surface area contributed by atoms with E-state index in [2.05, 4.69) is 5.10 Å². The topological polar surface area (TPSA) is 82.6 Å². The van der Waals surface area contributed by atoms with Crippen LogP contribution in [0.4, 0.5) is 0 Å². The summed E-state index contributed by atoms with van der Waals surface area (Å²) in [5.74, 6) is 2.02. The Morgan fingerprint density at radius 3 is 2.67 bits per heavy atom. The van der Waals surface area contributed by atoms with Crippen LogP contribution in [0.15, 0.2) is 89.7 Å². The number of carbonyl (C=O) groups is 1. The molecule has 5 aromatic rings. The molecule has 0 aliphatic carbocycles. The molecule has 1 unspecified atom stereocenters. The quantitative estimate of drug-likeness (QED) is 0.352. The van der Waals surface area contributed by atoms with Crippen molar-refractivity contribution in [2.75, 3.05) is 20.2 Å². The number of rotatable bonds is 6. The Kier molecular flexibility index (Phi) is 5.61. The predicted molar refractivity (Wildman–Crippen MR) is 134 cm³/mol. The third-order valence-electron chi connectivity index (χ3n) is 6.19. The molecule has 1 amide bonds. The molecular weight excluding hydrogens is 456 g/mol. The summed E-state index contributed by atoms with van der Waals surface area (Å²) in [4.78, 5) is 20.3. The van der Waals surface area contributed by atoms with Gasteiger partial charge in [-0.05, 0) is 30.3 Å². The van der Waals surface area contributed by atoms with E-state index in [1.54, 1.807) is 29.1 Å². The van der Waals surface area contributed by atoms with E-state index in [4.69, 9.17) is 18.9 Å². The van der Waals surface area contributed by atoms with E-state index in [0.29, 0.717) is 47.7 Å². The number of fused-ring (bicyclic) bond motifs is 2. The molecule has 0 saturated heterocycles. The number of hydrogen-bond acceptors (Lipinski definition) is 6. The number of benzene rings is 2. The second kappa shape index (κ2) is 9.22. The highest BCUT2D eigenvalue weighted by Crippen LogP contribution is 2.31. The van der Waals surface area contributed by atoms with Gasteiger partial charge in [-0.15, -0.1) is 0 Å². The maximum Gasteiger partial charge on any atom is 0.254 e. The van der Waals surface area contributed by atoms with Crippen molar-refractivity contribution in [2.45, 2.75) is 12.6 Å². The van der Waals surface area contributed by atoms with E-state index >= 15 is 0 Å². The smallest absolute Gasteiger partial charge is 0.254 e. The number of furan rings is 1. The van der Waals surface area contributed by atoms with Gasteiger partial charge in [0.25, 0.3) is 5.91 Å². The van der Waals surface area contributed by atoms with Crippen LogP contribution >= 0.6 is 0 Å². The SMILES string of the molecule is CN(CC1COc2ccccc2O1)C(=O)c1cc(-c2ccccc2)nc2c1cnn2Cc1ccco1. The molecule has 0 radical (unpaired) electrons. The summed E-state index contributed by atoms with van der Waals surface area (Å²) in [5, 5.41) is 5.21. The summed E-state index contributed by atoms with van der Waals surface area (Å²) < 4.78 is 19.2. The number of hydrogen-bond donors (Lipinski definition) is 0. The van der Waals surface area contributed by atoms with Crippen LogP contribution < -0.4 is 9.47 Å². The first-order valence-corrected chi connectivity index (χ1v) is 11.7. The summed E-state index contributed by atoms with van der Waals surface area (Å²) in [6, 6.07) is 22.9. The fourth-order valence-electron chi connectivity index (χ4n) is 4.39. The third kappa shape index (κ3) is 4.17. The normalized spacial score (nSPS) is 14.6. The highest BCUT2D eigenvalue weighted by Gasteiger charge is 2.26. The van der Waals surface area contributed by atoms with E-state index < -0.39 is 0 Å². The average molecular weight is 481 g/mol. The Hall–Kier alpha value is -4.59. The molecule has 0 bridgehead atoms. The summed E-state index contributed by atoms with van der Waals surface area (Å²) in [6.45, 7) is 1.16. The van der Waals surface area contributed by atoms with Crippen LogP contribution in [0.5, 0.6) is 11.5 Å². The first kappa shape index (κ1) is 21.9. The molecule has 6 rings (SSSR count). The second-order valence-corrected chi connectivity index (χ2v) is 8.72. The van der Waals surface area contributed by atoms with Gasteiger partial charge in [0.2, 0.25) is 0 Å². The zero-order chi connectivity index (χ0) is 24.5. The van der Waals surface area contributed by atoms with E-state index in [1.807, 2.05) is 72.8 Å². The van der Waals surface area contributed by atoms with Crippen molar-refractivity contribution < 1.29 is 18.7 Å². The summed E-state index contributed by atoms with van der Waals surface area (Å²) in [7, 11) is 1.77. The van der Waals surface area contributed by atoms with E-state index in [0.717, 1.165) is 17.1 Å². The van der Waals surface area contributed by atoms with Crippen molar-refractivity contribution in [1.29, 1.82) is 0 Å². The lowest BCUT2D eigenvalue weighted by molar-refractivity contribution is 0.0522. The van der Waals surface area contributed by atoms with Crippen molar-refractivity contribution >= 4 is 16.9 Å². The molecule has 8 heteroatoms. The van der Waals surface area contributed by atoms with Crippen LogP contribution in [0.3, 0.4) is 0 Å². The minimum atomic E-state index is -0.276. The Morgan fingerprint density at radius 1 is 1.06 bits per heavy atom. The van der Waals surface area contributed by atoms with Crippen LogP contribution in [0, 0.1) is 0 Å². The Labute approximate surface area is 207 Å². The van der Waals surface area contributed by atoms with Crippen LogP contribution in [0.25, 0.3) is 22.3 Å². The number of carbonyl (C=O) groups excluding carboxylic acids is 1. The molecule has 0 spiro atoms. The Balaban J connectivity index is 1.33. The van der Waals surface area contributed by atoms with Gasteiger partial charge in [-0.1, -0.05) is 42.5 Å². The maximum atomic E-state index is 13.7. The highest BCUT2D eigenvalue weighted by atomic mass is 16.6. The number of para-hydroxylation sites is 2. The number of nitrogens with zero attached hydrogens (tertiary/aromatic N) is 4. The fourth-order valence-corrected chi connectivity index (χ4v) is 4.39. The van der Waals surface area contributed by atoms with Gasteiger partial charge in [0.1, 0.15) is 18.9 Å². The van der Waals surface area contributed by atoms with E-state index in [1.165, 1.54) is 0 Å². The average Bonchev–Trinajstić information content (AvgIpc) is 3.58. The van der Waals surface area contributed by atoms with Crippen molar-refractivity contribution in [3.63, 3.8) is 0 Å². The summed E-state index contributed by atoms with van der Waals surface area (Å²) in [6.07, 6.45) is 3.04. The van der Waals surface area contributed by atoms with Gasteiger partial charge in [0, 0.05) is 12.6 Å². The molecule has 0 saturated carbocycles. The molecule has 36 heavy (non-hydrogen) atoms. The first-order chi connectivity index (χ1) is 17.7. The molecule has 3 aromatic heterocycles. The van der Waals surface area contributed by atoms with Crippen molar-refractivity contribution in [2.24, 2.45) is 0 Å². The van der Waals surface area contributed by atoms with Gasteiger partial charge >= 0.3 is 0 Å². The Bertz CT molecular complexity index is 1510. The van der Waals surface area contributed by atoms with Gasteiger partial charge in [-0.25, -0.2) is 9.67 Å². The van der Waals surface area contributed by atoms with Crippen LogP contribution in [-0.4, -0.2) is 51.9 Å². The van der Waals surface area contributed by atoms with Crippen LogP contribution in [0.1, 0.15) is 16.1 Å². The number of ether oxygens (including phenoxy) is 2. The monoisotopic (exact) mass is 480 g/mol. The third-order valence-corrected chi connectivity index (χ3v) is 6.19. The summed E-state index contributed by atoms with van der Waals surface area (Å²) >= 11 is 0. The van der Waals surface area contributed by atoms with E-state index in [9.17, 15) is 4.79 Å². The zero-order valence-corrected chi connectivity index (χ0v) is 19.7. The van der Waals surface area contributed by atoms with Gasteiger partial charge in [0.05, 0.1) is 35.6 Å². The largest absolute Gasteiger partial charge is 0.486 e. The van der Waals surface area contributed by atoms with Crippen molar-refractivity contribution in [3.05, 3.63) is 96.6 Å². The molecule has 180 valence electrons. The van der Waals surface area contributed by atoms with Gasteiger partial charge in [-0.3, -0.25) is 4.79 Å². The van der Waals surface area contributed by atoms with Crippen LogP contribution in [-0.2, 0) is 6.54 Å². The highest BCUT2D eigenvalue weighted by molar-refractivity contribution is 6.06. The summed E-state index contributed by atoms with van der Waals surface area (Å²) in [5.41, 5.74) is 2.77. The molecule has 4 heterocycles. The molecule has 1 aliphatic heterocycles. The molecular formula is C28H24N4O4. The van der Waals surface area contributed by atoms with Crippen LogP contribution in [0.2, 0.25) is 0 Å². The number of pyridine rings is 1. The van der Waals surface area contributed by atoms with Crippen molar-refractivity contribution in [1.82, 2.24) is 19.7 Å². The lowest BCUT2D eigenvalue weighted by Gasteiger charge is -2.29. The molecule has 1 atom stereocenters. The predicted octanol–water partition coefficient (Wildman–Crippen LogP) is 4.65. The molecule has 8 nitrogen and oxygen atoms in total. The molecule has 2 aromatic carbocycles.